The van der Waals surface area contributed by atoms with E-state index in [4.69, 9.17) is 21.1 Å². The van der Waals surface area contributed by atoms with E-state index in [9.17, 15) is 0 Å². The summed E-state index contributed by atoms with van der Waals surface area (Å²) in [6, 6.07) is 4.04. The highest BCUT2D eigenvalue weighted by Gasteiger charge is 2.38. The zero-order chi connectivity index (χ0) is 13.3. The molecule has 3 heteroatoms. The normalized spacial score (nSPS) is 23.8. The van der Waals surface area contributed by atoms with Crippen LogP contribution in [0.1, 0.15) is 43.7 Å². The van der Waals surface area contributed by atoms with Gasteiger partial charge in [-0.25, -0.2) is 0 Å². The summed E-state index contributed by atoms with van der Waals surface area (Å²) < 4.78 is 11.1. The molecular weight excluding hydrogens is 248 g/mol. The van der Waals surface area contributed by atoms with E-state index in [-0.39, 0.29) is 0 Å². The van der Waals surface area contributed by atoms with Gasteiger partial charge in [0.15, 0.2) is 0 Å². The van der Waals surface area contributed by atoms with Crippen molar-refractivity contribution < 1.29 is 9.47 Å². The number of halogens is 1. The second-order valence-electron chi connectivity index (χ2n) is 5.10. The molecular formula is C15H21ClO2. The molecule has 0 saturated carbocycles. The molecule has 0 aliphatic carbocycles. The van der Waals surface area contributed by atoms with Crippen LogP contribution in [0.25, 0.3) is 0 Å². The third-order valence-corrected chi connectivity index (χ3v) is 4.12. The number of ether oxygens (including phenoxy) is 2. The average molecular weight is 269 g/mol. The topological polar surface area (TPSA) is 21.8 Å². The predicted molar refractivity (Wildman–Crippen MR) is 74.7 cm³/mol. The Morgan fingerprint density at radius 2 is 2.11 bits per heavy atom. The van der Waals surface area contributed by atoms with E-state index in [0.717, 1.165) is 29.2 Å². The smallest absolute Gasteiger partial charge is 0.122 e. The number of benzene rings is 1. The Labute approximate surface area is 114 Å². The zero-order valence-corrected chi connectivity index (χ0v) is 12.3. The molecule has 2 rings (SSSR count). The first-order valence-corrected chi connectivity index (χ1v) is 6.94. The summed E-state index contributed by atoms with van der Waals surface area (Å²) in [6.45, 7) is 6.37. The molecule has 1 heterocycles. The molecule has 1 aromatic rings. The summed E-state index contributed by atoms with van der Waals surface area (Å²) in [5.41, 5.74) is 2.23. The van der Waals surface area contributed by atoms with Gasteiger partial charge in [0.05, 0.1) is 19.3 Å². The second-order valence-corrected chi connectivity index (χ2v) is 5.51. The monoisotopic (exact) mass is 268 g/mol. The maximum absolute atomic E-state index is 6.21. The molecule has 3 atom stereocenters. The van der Waals surface area contributed by atoms with Crippen LogP contribution in [-0.4, -0.2) is 19.3 Å². The molecule has 1 aromatic carbocycles. The van der Waals surface area contributed by atoms with Crippen LogP contribution in [0.4, 0.5) is 0 Å². The van der Waals surface area contributed by atoms with Crippen molar-refractivity contribution in [2.24, 2.45) is 0 Å². The van der Waals surface area contributed by atoms with Gasteiger partial charge in [0.2, 0.25) is 0 Å². The van der Waals surface area contributed by atoms with Gasteiger partial charge in [-0.15, -0.1) is 0 Å². The Morgan fingerprint density at radius 3 is 2.67 bits per heavy atom. The van der Waals surface area contributed by atoms with Crippen molar-refractivity contribution >= 4 is 11.6 Å². The van der Waals surface area contributed by atoms with Crippen LogP contribution in [0.2, 0.25) is 5.02 Å². The van der Waals surface area contributed by atoms with Crippen molar-refractivity contribution in [2.45, 2.75) is 51.7 Å². The van der Waals surface area contributed by atoms with Gasteiger partial charge in [0, 0.05) is 5.02 Å². The van der Waals surface area contributed by atoms with Gasteiger partial charge in [0.1, 0.15) is 5.75 Å². The molecule has 1 aliphatic heterocycles. The maximum Gasteiger partial charge on any atom is 0.122 e. The van der Waals surface area contributed by atoms with Gasteiger partial charge in [-0.05, 0) is 48.9 Å². The Bertz CT molecular complexity index is 431. The number of hydrogen-bond donors (Lipinski definition) is 0. The second kappa shape index (κ2) is 5.50. The molecule has 3 unspecified atom stereocenters. The highest BCUT2D eigenvalue weighted by Crippen LogP contribution is 2.38. The summed E-state index contributed by atoms with van der Waals surface area (Å²) in [4.78, 5) is 0. The van der Waals surface area contributed by atoms with Crippen LogP contribution in [0.15, 0.2) is 12.1 Å². The molecule has 100 valence electrons. The minimum atomic E-state index is 0.402. The predicted octanol–water partition coefficient (Wildman–Crippen LogP) is 4.33. The Morgan fingerprint density at radius 1 is 1.39 bits per heavy atom. The molecule has 1 fully saturated rings. The lowest BCUT2D eigenvalue weighted by Gasteiger charge is -2.16. The fourth-order valence-electron chi connectivity index (χ4n) is 2.45. The van der Waals surface area contributed by atoms with Crippen LogP contribution in [0.3, 0.4) is 0 Å². The van der Waals surface area contributed by atoms with Gasteiger partial charge in [0.25, 0.3) is 0 Å². The molecule has 0 spiro atoms. The van der Waals surface area contributed by atoms with Crippen molar-refractivity contribution in [1.82, 2.24) is 0 Å². The minimum absolute atomic E-state index is 0.402. The highest BCUT2D eigenvalue weighted by molar-refractivity contribution is 6.31. The van der Waals surface area contributed by atoms with Crippen LogP contribution < -0.4 is 4.74 Å². The SMILES string of the molecule is CCC1OC1CC(C)c1cc(Cl)c(C)cc1OC. The molecule has 0 N–H and O–H groups in total. The van der Waals surface area contributed by atoms with E-state index in [2.05, 4.69) is 13.8 Å². The number of methoxy groups -OCH3 is 1. The zero-order valence-electron chi connectivity index (χ0n) is 11.5. The van der Waals surface area contributed by atoms with Crippen molar-refractivity contribution in [3.05, 3.63) is 28.3 Å². The molecule has 1 saturated heterocycles. The Balaban J connectivity index is 2.13. The fourth-order valence-corrected chi connectivity index (χ4v) is 2.63. The van der Waals surface area contributed by atoms with E-state index < -0.39 is 0 Å². The standard InChI is InChI=1S/C15H21ClO2/c1-5-13-15(18-13)6-9(2)11-8-12(16)10(3)7-14(11)17-4/h7-9,13,15H,5-6H2,1-4H3. The molecule has 18 heavy (non-hydrogen) atoms. The average Bonchev–Trinajstić information content (AvgIpc) is 3.10. The van der Waals surface area contributed by atoms with Crippen molar-refractivity contribution in [2.75, 3.05) is 7.11 Å². The fraction of sp³-hybridized carbons (Fsp3) is 0.600. The van der Waals surface area contributed by atoms with Gasteiger partial charge >= 0.3 is 0 Å². The molecule has 0 bridgehead atoms. The number of hydrogen-bond acceptors (Lipinski definition) is 2. The lowest BCUT2D eigenvalue weighted by atomic mass is 9.93. The lowest BCUT2D eigenvalue weighted by molar-refractivity contribution is 0.350. The molecule has 0 radical (unpaired) electrons. The first-order chi connectivity index (χ1) is 8.56. The minimum Gasteiger partial charge on any atom is -0.496 e. The van der Waals surface area contributed by atoms with Gasteiger partial charge in [-0.3, -0.25) is 0 Å². The molecule has 1 aliphatic rings. The Hall–Kier alpha value is -0.730. The highest BCUT2D eigenvalue weighted by atomic mass is 35.5. The first kappa shape index (κ1) is 13.7. The van der Waals surface area contributed by atoms with E-state index in [0.29, 0.717) is 18.1 Å². The molecule has 2 nitrogen and oxygen atoms in total. The van der Waals surface area contributed by atoms with E-state index >= 15 is 0 Å². The van der Waals surface area contributed by atoms with Crippen LogP contribution in [-0.2, 0) is 4.74 Å². The largest absolute Gasteiger partial charge is 0.496 e. The van der Waals surface area contributed by atoms with Crippen molar-refractivity contribution in [3.63, 3.8) is 0 Å². The molecule has 0 amide bonds. The number of epoxide rings is 1. The maximum atomic E-state index is 6.21. The summed E-state index contributed by atoms with van der Waals surface area (Å²) in [5.74, 6) is 1.33. The van der Waals surface area contributed by atoms with E-state index in [1.807, 2.05) is 19.1 Å². The quantitative estimate of drug-likeness (QED) is 0.742. The lowest BCUT2D eigenvalue weighted by Crippen LogP contribution is -2.03. The van der Waals surface area contributed by atoms with Gasteiger partial charge in [-0.2, -0.15) is 0 Å². The van der Waals surface area contributed by atoms with E-state index in [1.54, 1.807) is 7.11 Å². The van der Waals surface area contributed by atoms with Crippen LogP contribution in [0.5, 0.6) is 5.75 Å². The number of aryl methyl sites for hydroxylation is 1. The summed E-state index contributed by atoms with van der Waals surface area (Å²) in [7, 11) is 1.71. The summed E-state index contributed by atoms with van der Waals surface area (Å²) in [6.07, 6.45) is 3.01. The van der Waals surface area contributed by atoms with E-state index in [1.165, 1.54) is 5.56 Å². The van der Waals surface area contributed by atoms with Crippen LogP contribution >= 0.6 is 11.6 Å². The van der Waals surface area contributed by atoms with Crippen molar-refractivity contribution in [1.29, 1.82) is 0 Å². The van der Waals surface area contributed by atoms with Gasteiger partial charge < -0.3 is 9.47 Å². The first-order valence-electron chi connectivity index (χ1n) is 6.56. The molecule has 0 aromatic heterocycles. The Kier molecular flexibility index (Phi) is 4.18. The van der Waals surface area contributed by atoms with Crippen LogP contribution in [0, 0.1) is 6.92 Å². The third kappa shape index (κ3) is 2.81. The summed E-state index contributed by atoms with van der Waals surface area (Å²) >= 11 is 6.21. The summed E-state index contributed by atoms with van der Waals surface area (Å²) in [5, 5.41) is 0.807. The number of rotatable bonds is 5. The third-order valence-electron chi connectivity index (χ3n) is 3.72. The van der Waals surface area contributed by atoms with Gasteiger partial charge in [-0.1, -0.05) is 25.4 Å². The van der Waals surface area contributed by atoms with Crippen molar-refractivity contribution in [3.8, 4) is 5.75 Å².